The van der Waals surface area contributed by atoms with Crippen LogP contribution in [0.1, 0.15) is 46.1 Å². The van der Waals surface area contributed by atoms with Gasteiger partial charge in [0.05, 0.1) is 6.10 Å². The lowest BCUT2D eigenvalue weighted by Gasteiger charge is -2.21. The van der Waals surface area contributed by atoms with Gasteiger partial charge in [0.2, 0.25) is 0 Å². The molecule has 1 rings (SSSR count). The summed E-state index contributed by atoms with van der Waals surface area (Å²) in [5.74, 6) is 1.04. The number of benzene rings is 1. The van der Waals surface area contributed by atoms with Crippen LogP contribution in [-0.2, 0) is 6.42 Å². The summed E-state index contributed by atoms with van der Waals surface area (Å²) in [5, 5.41) is 3.50. The molecule has 0 aliphatic carbocycles. The minimum Gasteiger partial charge on any atom is -0.490 e. The maximum atomic E-state index is 6.05. The van der Waals surface area contributed by atoms with Crippen molar-refractivity contribution in [2.45, 2.75) is 59.1 Å². The Balaban J connectivity index is 2.46. The zero-order valence-electron chi connectivity index (χ0n) is 12.2. The fraction of sp³-hybridized carbons (Fsp3) is 0.625. The Morgan fingerprint density at radius 1 is 1.17 bits per heavy atom. The summed E-state index contributed by atoms with van der Waals surface area (Å²) in [7, 11) is 0. The second-order valence-corrected chi connectivity index (χ2v) is 4.98. The number of rotatable bonds is 8. The van der Waals surface area contributed by atoms with E-state index in [4.69, 9.17) is 4.74 Å². The first-order valence-electron chi connectivity index (χ1n) is 7.15. The highest BCUT2D eigenvalue weighted by Gasteiger charge is 2.11. The van der Waals surface area contributed by atoms with E-state index in [-0.39, 0.29) is 6.10 Å². The van der Waals surface area contributed by atoms with E-state index in [2.05, 4.69) is 51.2 Å². The normalized spacial score (nSPS) is 14.2. The van der Waals surface area contributed by atoms with Gasteiger partial charge in [-0.05, 0) is 51.3 Å². The van der Waals surface area contributed by atoms with Crippen molar-refractivity contribution < 1.29 is 4.74 Å². The Kier molecular flexibility index (Phi) is 6.81. The van der Waals surface area contributed by atoms with Gasteiger partial charge in [-0.3, -0.25) is 0 Å². The van der Waals surface area contributed by atoms with Crippen LogP contribution >= 0.6 is 0 Å². The van der Waals surface area contributed by atoms with Crippen LogP contribution in [0.2, 0.25) is 0 Å². The molecule has 1 aromatic carbocycles. The number of hydrogen-bond acceptors (Lipinski definition) is 2. The lowest BCUT2D eigenvalue weighted by molar-refractivity contribution is 0.194. The average molecular weight is 249 g/mol. The molecule has 0 spiro atoms. The summed E-state index contributed by atoms with van der Waals surface area (Å²) in [5.41, 5.74) is 1.29. The maximum absolute atomic E-state index is 6.05. The first-order chi connectivity index (χ1) is 8.67. The minimum atomic E-state index is 0.247. The minimum absolute atomic E-state index is 0.247. The van der Waals surface area contributed by atoms with Crippen molar-refractivity contribution >= 4 is 0 Å². The lowest BCUT2D eigenvalue weighted by Crippen LogP contribution is -2.31. The van der Waals surface area contributed by atoms with E-state index in [1.807, 2.05) is 6.07 Å². The first-order valence-corrected chi connectivity index (χ1v) is 7.15. The zero-order valence-corrected chi connectivity index (χ0v) is 12.2. The van der Waals surface area contributed by atoms with Gasteiger partial charge in [-0.1, -0.05) is 32.0 Å². The van der Waals surface area contributed by atoms with E-state index in [0.29, 0.717) is 6.04 Å². The third-order valence-corrected chi connectivity index (χ3v) is 3.11. The van der Waals surface area contributed by atoms with Crippen LogP contribution in [0.4, 0.5) is 0 Å². The van der Waals surface area contributed by atoms with Crippen molar-refractivity contribution in [3.63, 3.8) is 0 Å². The summed E-state index contributed by atoms with van der Waals surface area (Å²) in [6, 6.07) is 8.83. The Labute approximate surface area is 112 Å². The van der Waals surface area contributed by atoms with Crippen LogP contribution in [0.5, 0.6) is 5.75 Å². The summed E-state index contributed by atoms with van der Waals surface area (Å²) in [6.45, 7) is 9.81. The molecule has 102 valence electrons. The van der Waals surface area contributed by atoms with E-state index >= 15 is 0 Å². The summed E-state index contributed by atoms with van der Waals surface area (Å²) in [4.78, 5) is 0. The topological polar surface area (TPSA) is 21.3 Å². The van der Waals surface area contributed by atoms with Crippen LogP contribution in [-0.4, -0.2) is 18.7 Å². The lowest BCUT2D eigenvalue weighted by atomic mass is 10.1. The standard InChI is InChI=1S/C16H27NO/c1-5-11-17-13(3)12-14(4)18-16-10-8-7-9-15(16)6-2/h7-10,13-14,17H,5-6,11-12H2,1-4H3. The third kappa shape index (κ3) is 5.09. The predicted molar refractivity (Wildman–Crippen MR) is 78.3 cm³/mol. The van der Waals surface area contributed by atoms with Crippen molar-refractivity contribution in [2.75, 3.05) is 6.54 Å². The monoisotopic (exact) mass is 249 g/mol. The van der Waals surface area contributed by atoms with Gasteiger partial charge in [0, 0.05) is 6.04 Å². The predicted octanol–water partition coefficient (Wildman–Crippen LogP) is 3.79. The van der Waals surface area contributed by atoms with Gasteiger partial charge in [0.15, 0.2) is 0 Å². The molecule has 0 amide bonds. The van der Waals surface area contributed by atoms with E-state index < -0.39 is 0 Å². The molecule has 2 heteroatoms. The highest BCUT2D eigenvalue weighted by Crippen LogP contribution is 2.20. The summed E-state index contributed by atoms with van der Waals surface area (Å²) in [6.07, 6.45) is 3.49. The number of aryl methyl sites for hydroxylation is 1. The Morgan fingerprint density at radius 3 is 2.56 bits per heavy atom. The van der Waals surface area contributed by atoms with Gasteiger partial charge in [-0.15, -0.1) is 0 Å². The number of para-hydroxylation sites is 1. The molecule has 0 saturated carbocycles. The van der Waals surface area contributed by atoms with Crippen LogP contribution in [0, 0.1) is 0 Å². The smallest absolute Gasteiger partial charge is 0.122 e. The van der Waals surface area contributed by atoms with Gasteiger partial charge in [0.1, 0.15) is 5.75 Å². The first kappa shape index (κ1) is 15.0. The molecule has 0 bridgehead atoms. The van der Waals surface area contributed by atoms with E-state index in [0.717, 1.165) is 25.1 Å². The maximum Gasteiger partial charge on any atom is 0.122 e. The number of ether oxygens (including phenoxy) is 1. The molecule has 0 aromatic heterocycles. The van der Waals surface area contributed by atoms with Crippen molar-refractivity contribution in [1.29, 1.82) is 0 Å². The van der Waals surface area contributed by atoms with E-state index in [1.54, 1.807) is 0 Å². The quantitative estimate of drug-likeness (QED) is 0.756. The largest absolute Gasteiger partial charge is 0.490 e. The Bertz CT molecular complexity index is 338. The summed E-state index contributed by atoms with van der Waals surface area (Å²) < 4.78 is 6.05. The Hall–Kier alpha value is -1.02. The van der Waals surface area contributed by atoms with Gasteiger partial charge in [0.25, 0.3) is 0 Å². The van der Waals surface area contributed by atoms with Crippen molar-refractivity contribution in [1.82, 2.24) is 5.32 Å². The van der Waals surface area contributed by atoms with Gasteiger partial charge < -0.3 is 10.1 Å². The van der Waals surface area contributed by atoms with Gasteiger partial charge >= 0.3 is 0 Å². The molecular weight excluding hydrogens is 222 g/mol. The molecule has 2 unspecified atom stereocenters. The molecule has 0 saturated heterocycles. The van der Waals surface area contributed by atoms with Crippen LogP contribution < -0.4 is 10.1 Å². The van der Waals surface area contributed by atoms with Gasteiger partial charge in [-0.25, -0.2) is 0 Å². The molecule has 0 aliphatic rings. The third-order valence-electron chi connectivity index (χ3n) is 3.11. The molecule has 18 heavy (non-hydrogen) atoms. The molecule has 0 radical (unpaired) electrons. The van der Waals surface area contributed by atoms with Crippen molar-refractivity contribution in [3.8, 4) is 5.75 Å². The van der Waals surface area contributed by atoms with Crippen LogP contribution in [0.25, 0.3) is 0 Å². The molecular formula is C16H27NO. The molecule has 0 heterocycles. The van der Waals surface area contributed by atoms with Crippen LogP contribution in [0.15, 0.2) is 24.3 Å². The molecule has 0 aliphatic heterocycles. The van der Waals surface area contributed by atoms with Crippen molar-refractivity contribution in [3.05, 3.63) is 29.8 Å². The number of hydrogen-bond donors (Lipinski definition) is 1. The highest BCUT2D eigenvalue weighted by molar-refractivity contribution is 5.33. The number of nitrogens with one attached hydrogen (secondary N) is 1. The van der Waals surface area contributed by atoms with Gasteiger partial charge in [-0.2, -0.15) is 0 Å². The fourth-order valence-corrected chi connectivity index (χ4v) is 2.15. The molecule has 1 N–H and O–H groups in total. The SMILES string of the molecule is CCCNC(C)CC(C)Oc1ccccc1CC. The zero-order chi connectivity index (χ0) is 13.4. The molecule has 2 atom stereocenters. The molecule has 2 nitrogen and oxygen atoms in total. The van der Waals surface area contributed by atoms with Crippen LogP contribution in [0.3, 0.4) is 0 Å². The second-order valence-electron chi connectivity index (χ2n) is 4.98. The fourth-order valence-electron chi connectivity index (χ4n) is 2.15. The van der Waals surface area contributed by atoms with E-state index in [9.17, 15) is 0 Å². The second kappa shape index (κ2) is 8.15. The average Bonchev–Trinajstić information content (AvgIpc) is 2.36. The summed E-state index contributed by atoms with van der Waals surface area (Å²) >= 11 is 0. The molecule has 0 fully saturated rings. The van der Waals surface area contributed by atoms with E-state index in [1.165, 1.54) is 12.0 Å². The van der Waals surface area contributed by atoms with Crippen molar-refractivity contribution in [2.24, 2.45) is 0 Å². The molecule has 1 aromatic rings. The highest BCUT2D eigenvalue weighted by atomic mass is 16.5. The Morgan fingerprint density at radius 2 is 1.89 bits per heavy atom.